The number of aryl methyl sites for hydroxylation is 1. The van der Waals surface area contributed by atoms with Gasteiger partial charge in [0.15, 0.2) is 0 Å². The van der Waals surface area contributed by atoms with Gasteiger partial charge in [-0.25, -0.2) is 4.79 Å². The Labute approximate surface area is 236 Å². The topological polar surface area (TPSA) is 87.7 Å². The predicted molar refractivity (Wildman–Crippen MR) is 158 cm³/mol. The zero-order chi connectivity index (χ0) is 28.9. The van der Waals surface area contributed by atoms with Crippen LogP contribution in [-0.2, 0) is 20.7 Å². The summed E-state index contributed by atoms with van der Waals surface area (Å²) in [6.45, 7) is 16.3. The van der Waals surface area contributed by atoms with Crippen molar-refractivity contribution in [2.45, 2.75) is 118 Å². The zero-order valence-corrected chi connectivity index (χ0v) is 25.7. The van der Waals surface area contributed by atoms with Crippen molar-refractivity contribution in [2.75, 3.05) is 12.3 Å². The molecule has 0 radical (unpaired) electrons. The Hall–Kier alpha value is -2.22. The van der Waals surface area contributed by atoms with E-state index in [0.29, 0.717) is 12.5 Å². The second-order valence-corrected chi connectivity index (χ2v) is 11.8. The highest BCUT2D eigenvalue weighted by Gasteiger charge is 2.38. The molecule has 0 fully saturated rings. The number of nitrogens with one attached hydrogen (secondary N) is 2. The van der Waals surface area contributed by atoms with Crippen LogP contribution in [0.5, 0.6) is 0 Å². The quantitative estimate of drug-likeness (QED) is 0.183. The van der Waals surface area contributed by atoms with Crippen molar-refractivity contribution in [1.82, 2.24) is 15.5 Å². The third kappa shape index (κ3) is 11.7. The maximum atomic E-state index is 14.1. The van der Waals surface area contributed by atoms with Gasteiger partial charge in [0.05, 0.1) is 0 Å². The Balaban J connectivity index is 3.47. The number of thiol groups is 1. The van der Waals surface area contributed by atoms with Crippen LogP contribution in [0.15, 0.2) is 24.3 Å². The lowest BCUT2D eigenvalue weighted by Gasteiger charge is -2.38. The molecule has 0 bridgehead atoms. The second-order valence-electron chi connectivity index (χ2n) is 11.4. The number of carbonyl (C=O) groups is 3. The van der Waals surface area contributed by atoms with Gasteiger partial charge >= 0.3 is 6.09 Å². The number of nitrogens with zero attached hydrogens (tertiary/aromatic N) is 1. The molecule has 3 unspecified atom stereocenters. The Morgan fingerprint density at radius 2 is 1.63 bits per heavy atom. The number of ether oxygens (including phenoxy) is 1. The van der Waals surface area contributed by atoms with E-state index in [1.807, 2.05) is 31.2 Å². The zero-order valence-electron chi connectivity index (χ0n) is 24.8. The van der Waals surface area contributed by atoms with Crippen molar-refractivity contribution in [2.24, 2.45) is 5.92 Å². The summed E-state index contributed by atoms with van der Waals surface area (Å²) in [6, 6.07) is 5.85. The summed E-state index contributed by atoms with van der Waals surface area (Å²) in [5.41, 5.74) is 1.19. The van der Waals surface area contributed by atoms with Crippen LogP contribution in [-0.4, -0.2) is 52.8 Å². The first-order valence-corrected chi connectivity index (χ1v) is 14.8. The van der Waals surface area contributed by atoms with Crippen LogP contribution in [0.4, 0.5) is 4.79 Å². The van der Waals surface area contributed by atoms with Gasteiger partial charge in [0.1, 0.15) is 17.7 Å². The highest BCUT2D eigenvalue weighted by atomic mass is 32.1. The SMILES string of the molecule is CCCCCNC(=O)C(c1ccc(CC)cc1)N(C(=O)C(CS)NC(=O)OC(C)(C)C)C(C)CCC(C)C. The van der Waals surface area contributed by atoms with Crippen molar-refractivity contribution >= 4 is 30.5 Å². The molecule has 0 aromatic heterocycles. The fourth-order valence-electron chi connectivity index (χ4n) is 4.18. The average molecular weight is 550 g/mol. The standard InChI is InChI=1S/C30H51N3O4S/c1-9-11-12-19-31-27(34)26(24-17-15-23(10-2)16-18-24)33(22(5)14-13-21(3)4)28(35)25(20-38)32-29(36)37-30(6,7)8/h15-18,21-22,25-26,38H,9-14,19-20H2,1-8H3,(H,31,34)(H,32,36). The molecule has 1 aromatic rings. The van der Waals surface area contributed by atoms with E-state index in [9.17, 15) is 14.4 Å². The minimum atomic E-state index is -0.944. The number of rotatable bonds is 15. The predicted octanol–water partition coefficient (Wildman–Crippen LogP) is 6.07. The van der Waals surface area contributed by atoms with Crippen LogP contribution in [0, 0.1) is 5.92 Å². The number of unbranched alkanes of at least 4 members (excludes halogenated alkanes) is 2. The summed E-state index contributed by atoms with van der Waals surface area (Å²) in [5, 5.41) is 5.75. The lowest BCUT2D eigenvalue weighted by molar-refractivity contribution is -0.144. The van der Waals surface area contributed by atoms with E-state index in [2.05, 4.69) is 51.0 Å². The third-order valence-electron chi connectivity index (χ3n) is 6.37. The van der Waals surface area contributed by atoms with E-state index in [4.69, 9.17) is 4.74 Å². The number of benzene rings is 1. The van der Waals surface area contributed by atoms with Crippen LogP contribution < -0.4 is 10.6 Å². The maximum Gasteiger partial charge on any atom is 0.408 e. The van der Waals surface area contributed by atoms with Gasteiger partial charge in [0.2, 0.25) is 11.8 Å². The fourth-order valence-corrected chi connectivity index (χ4v) is 4.43. The summed E-state index contributed by atoms with van der Waals surface area (Å²) >= 11 is 4.38. The van der Waals surface area contributed by atoms with Crippen molar-refractivity contribution in [3.05, 3.63) is 35.4 Å². The fraction of sp³-hybridized carbons (Fsp3) is 0.700. The van der Waals surface area contributed by atoms with Crippen LogP contribution in [0.25, 0.3) is 0 Å². The van der Waals surface area contributed by atoms with Gasteiger partial charge < -0.3 is 20.3 Å². The summed E-state index contributed by atoms with van der Waals surface area (Å²) in [4.78, 5) is 42.1. The van der Waals surface area contributed by atoms with Crippen LogP contribution in [0.1, 0.15) is 105 Å². The molecule has 216 valence electrons. The summed E-state index contributed by atoms with van der Waals surface area (Å²) in [7, 11) is 0. The Morgan fingerprint density at radius 1 is 1.00 bits per heavy atom. The van der Waals surface area contributed by atoms with Gasteiger partial charge in [-0.1, -0.05) is 64.8 Å². The minimum absolute atomic E-state index is 0.0745. The van der Waals surface area contributed by atoms with Crippen molar-refractivity contribution in [1.29, 1.82) is 0 Å². The molecule has 1 aromatic carbocycles. The molecule has 0 heterocycles. The van der Waals surface area contributed by atoms with Gasteiger partial charge in [0, 0.05) is 18.3 Å². The summed E-state index contributed by atoms with van der Waals surface area (Å²) < 4.78 is 5.40. The molecule has 7 nitrogen and oxygen atoms in total. The molecule has 0 aliphatic heterocycles. The number of alkyl carbamates (subject to hydrolysis) is 1. The molecule has 8 heteroatoms. The maximum absolute atomic E-state index is 14.1. The molecule has 0 saturated carbocycles. The van der Waals surface area contributed by atoms with Gasteiger partial charge in [-0.05, 0) is 70.4 Å². The second kappa shape index (κ2) is 16.7. The van der Waals surface area contributed by atoms with E-state index < -0.39 is 23.8 Å². The van der Waals surface area contributed by atoms with Gasteiger partial charge in [-0.2, -0.15) is 12.6 Å². The first-order valence-electron chi connectivity index (χ1n) is 14.1. The number of amides is 3. The molecule has 1 rings (SSSR count). The molecule has 3 atom stereocenters. The first kappa shape index (κ1) is 33.8. The van der Waals surface area contributed by atoms with Gasteiger partial charge in [-0.15, -0.1) is 0 Å². The average Bonchev–Trinajstić information content (AvgIpc) is 2.85. The van der Waals surface area contributed by atoms with E-state index in [-0.39, 0.29) is 23.6 Å². The lowest BCUT2D eigenvalue weighted by Crippen LogP contribution is -2.56. The van der Waals surface area contributed by atoms with Crippen molar-refractivity contribution < 1.29 is 19.1 Å². The molecule has 0 aliphatic carbocycles. The lowest BCUT2D eigenvalue weighted by atomic mass is 9.96. The van der Waals surface area contributed by atoms with E-state index in [1.165, 1.54) is 0 Å². The molecule has 2 N–H and O–H groups in total. The van der Waals surface area contributed by atoms with E-state index >= 15 is 0 Å². The normalized spacial score (nSPS) is 13.9. The summed E-state index contributed by atoms with van der Waals surface area (Å²) in [5.74, 6) is -0.0498. The highest BCUT2D eigenvalue weighted by Crippen LogP contribution is 2.28. The molecular formula is C30H51N3O4S. The van der Waals surface area contributed by atoms with Gasteiger partial charge in [0.25, 0.3) is 0 Å². The van der Waals surface area contributed by atoms with Crippen LogP contribution in [0.2, 0.25) is 0 Å². The van der Waals surface area contributed by atoms with Crippen molar-refractivity contribution in [3.63, 3.8) is 0 Å². The number of carbonyl (C=O) groups excluding carboxylic acids is 3. The van der Waals surface area contributed by atoms with E-state index in [1.54, 1.807) is 25.7 Å². The highest BCUT2D eigenvalue weighted by molar-refractivity contribution is 7.80. The Morgan fingerprint density at radius 3 is 2.13 bits per heavy atom. The molecule has 3 amide bonds. The van der Waals surface area contributed by atoms with Crippen molar-refractivity contribution in [3.8, 4) is 0 Å². The summed E-state index contributed by atoms with van der Waals surface area (Å²) in [6.07, 6.45) is 4.76. The van der Waals surface area contributed by atoms with Crippen LogP contribution in [0.3, 0.4) is 0 Å². The number of hydrogen-bond donors (Lipinski definition) is 3. The third-order valence-corrected chi connectivity index (χ3v) is 6.74. The first-order chi connectivity index (χ1) is 17.8. The monoisotopic (exact) mass is 549 g/mol. The van der Waals surface area contributed by atoms with Crippen LogP contribution >= 0.6 is 12.6 Å². The Bertz CT molecular complexity index is 867. The largest absolute Gasteiger partial charge is 0.444 e. The molecular weight excluding hydrogens is 498 g/mol. The minimum Gasteiger partial charge on any atom is -0.444 e. The van der Waals surface area contributed by atoms with E-state index in [0.717, 1.165) is 49.7 Å². The number of hydrogen-bond acceptors (Lipinski definition) is 5. The van der Waals surface area contributed by atoms with Gasteiger partial charge in [-0.3, -0.25) is 9.59 Å². The molecule has 0 spiro atoms. The smallest absolute Gasteiger partial charge is 0.408 e. The molecule has 0 saturated heterocycles. The molecule has 0 aliphatic rings. The Kier molecular flexibility index (Phi) is 14.8. The molecule has 38 heavy (non-hydrogen) atoms.